The number of aromatic nitrogens is 3. The Morgan fingerprint density at radius 3 is 2.83 bits per heavy atom. The van der Waals surface area contributed by atoms with Crippen LogP contribution < -0.4 is 5.32 Å². The second kappa shape index (κ2) is 7.21. The summed E-state index contributed by atoms with van der Waals surface area (Å²) in [5.74, 6) is -0.352. The SMILES string of the molecule is Cc1cc2ncc(CCCNC(=O)Cc3ccc(F)cc3)cn2n1. The molecule has 1 aromatic carbocycles. The quantitative estimate of drug-likeness (QED) is 0.708. The van der Waals surface area contributed by atoms with Crippen molar-refractivity contribution in [1.29, 1.82) is 0 Å². The maximum atomic E-state index is 12.8. The smallest absolute Gasteiger partial charge is 0.224 e. The Balaban J connectivity index is 1.43. The fraction of sp³-hybridized carbons (Fsp3) is 0.278. The van der Waals surface area contributed by atoms with Crippen LogP contribution in [0, 0.1) is 12.7 Å². The minimum atomic E-state index is -0.294. The van der Waals surface area contributed by atoms with E-state index in [1.165, 1.54) is 12.1 Å². The zero-order valence-corrected chi connectivity index (χ0v) is 13.5. The minimum Gasteiger partial charge on any atom is -0.356 e. The number of halogens is 1. The van der Waals surface area contributed by atoms with Crippen molar-refractivity contribution in [3.05, 3.63) is 65.4 Å². The van der Waals surface area contributed by atoms with Crippen LogP contribution in [0.4, 0.5) is 4.39 Å². The fourth-order valence-corrected chi connectivity index (χ4v) is 2.53. The maximum Gasteiger partial charge on any atom is 0.224 e. The highest BCUT2D eigenvalue weighted by molar-refractivity contribution is 5.78. The van der Waals surface area contributed by atoms with Crippen LogP contribution in [0.15, 0.2) is 42.7 Å². The molecule has 0 unspecified atom stereocenters. The lowest BCUT2D eigenvalue weighted by Crippen LogP contribution is -2.26. The van der Waals surface area contributed by atoms with Gasteiger partial charge >= 0.3 is 0 Å². The molecule has 0 aliphatic heterocycles. The second-order valence-electron chi connectivity index (χ2n) is 5.81. The van der Waals surface area contributed by atoms with Crippen molar-refractivity contribution >= 4 is 11.6 Å². The van der Waals surface area contributed by atoms with Crippen LogP contribution in [0.2, 0.25) is 0 Å². The highest BCUT2D eigenvalue weighted by Crippen LogP contribution is 2.07. The Morgan fingerprint density at radius 1 is 1.25 bits per heavy atom. The molecule has 1 N–H and O–H groups in total. The first-order valence-electron chi connectivity index (χ1n) is 7.92. The van der Waals surface area contributed by atoms with Gasteiger partial charge in [-0.1, -0.05) is 12.1 Å². The molecule has 0 atom stereocenters. The van der Waals surface area contributed by atoms with E-state index < -0.39 is 0 Å². The van der Waals surface area contributed by atoms with E-state index in [9.17, 15) is 9.18 Å². The van der Waals surface area contributed by atoms with Gasteiger partial charge in [-0.05, 0) is 43.0 Å². The number of amides is 1. The number of carbonyl (C=O) groups is 1. The Kier molecular flexibility index (Phi) is 4.84. The summed E-state index contributed by atoms with van der Waals surface area (Å²) >= 11 is 0. The predicted molar refractivity (Wildman–Crippen MR) is 89.2 cm³/mol. The van der Waals surface area contributed by atoms with E-state index >= 15 is 0 Å². The third kappa shape index (κ3) is 4.16. The molecule has 0 bridgehead atoms. The van der Waals surface area contributed by atoms with Gasteiger partial charge in [0.25, 0.3) is 0 Å². The summed E-state index contributed by atoms with van der Waals surface area (Å²) < 4.78 is 14.6. The minimum absolute atomic E-state index is 0.0575. The summed E-state index contributed by atoms with van der Waals surface area (Å²) in [6.45, 7) is 2.53. The lowest BCUT2D eigenvalue weighted by atomic mass is 10.1. The zero-order chi connectivity index (χ0) is 16.9. The molecule has 124 valence electrons. The lowest BCUT2D eigenvalue weighted by molar-refractivity contribution is -0.120. The number of benzene rings is 1. The van der Waals surface area contributed by atoms with E-state index in [1.54, 1.807) is 16.6 Å². The van der Waals surface area contributed by atoms with Crippen molar-refractivity contribution in [2.24, 2.45) is 0 Å². The molecule has 0 fully saturated rings. The third-order valence-corrected chi connectivity index (χ3v) is 3.73. The van der Waals surface area contributed by atoms with Crippen LogP contribution >= 0.6 is 0 Å². The highest BCUT2D eigenvalue weighted by atomic mass is 19.1. The Morgan fingerprint density at radius 2 is 2.04 bits per heavy atom. The molecule has 3 aromatic rings. The van der Waals surface area contributed by atoms with Crippen LogP contribution in [-0.2, 0) is 17.6 Å². The van der Waals surface area contributed by atoms with Gasteiger partial charge in [-0.25, -0.2) is 13.9 Å². The second-order valence-corrected chi connectivity index (χ2v) is 5.81. The summed E-state index contributed by atoms with van der Waals surface area (Å²) in [5, 5.41) is 7.22. The summed E-state index contributed by atoms with van der Waals surface area (Å²) in [5.41, 5.74) is 3.66. The molecule has 0 saturated heterocycles. The van der Waals surface area contributed by atoms with Gasteiger partial charge in [0.1, 0.15) is 5.82 Å². The van der Waals surface area contributed by atoms with Crippen molar-refractivity contribution in [2.45, 2.75) is 26.2 Å². The van der Waals surface area contributed by atoms with Crippen molar-refractivity contribution < 1.29 is 9.18 Å². The van der Waals surface area contributed by atoms with Gasteiger partial charge in [-0.2, -0.15) is 5.10 Å². The number of hydrogen-bond donors (Lipinski definition) is 1. The molecule has 24 heavy (non-hydrogen) atoms. The van der Waals surface area contributed by atoms with Crippen molar-refractivity contribution in [1.82, 2.24) is 19.9 Å². The van der Waals surface area contributed by atoms with E-state index in [1.807, 2.05) is 25.4 Å². The molecular formula is C18H19FN4O. The van der Waals surface area contributed by atoms with Crippen LogP contribution in [-0.4, -0.2) is 27.0 Å². The number of aryl methyl sites for hydroxylation is 2. The summed E-state index contributed by atoms with van der Waals surface area (Å²) in [6, 6.07) is 7.91. The van der Waals surface area contributed by atoms with Crippen LogP contribution in [0.1, 0.15) is 23.2 Å². The van der Waals surface area contributed by atoms with Gasteiger partial charge in [0.2, 0.25) is 5.91 Å². The number of rotatable bonds is 6. The van der Waals surface area contributed by atoms with Crippen molar-refractivity contribution in [3.63, 3.8) is 0 Å². The molecule has 3 rings (SSSR count). The standard InChI is InChI=1S/C18H19FN4O/c1-13-9-17-21-11-15(12-23(17)22-13)3-2-8-20-18(24)10-14-4-6-16(19)7-5-14/h4-7,9,11-12H,2-3,8,10H2,1H3,(H,20,24). The van der Waals surface area contributed by atoms with E-state index in [4.69, 9.17) is 0 Å². The van der Waals surface area contributed by atoms with Crippen LogP contribution in [0.25, 0.3) is 5.65 Å². The van der Waals surface area contributed by atoms with E-state index in [0.717, 1.165) is 35.3 Å². The van der Waals surface area contributed by atoms with Crippen molar-refractivity contribution in [3.8, 4) is 0 Å². The van der Waals surface area contributed by atoms with E-state index in [-0.39, 0.29) is 18.1 Å². The maximum absolute atomic E-state index is 12.8. The average Bonchev–Trinajstić information content (AvgIpc) is 2.93. The van der Waals surface area contributed by atoms with Gasteiger partial charge in [-0.3, -0.25) is 4.79 Å². The molecule has 0 radical (unpaired) electrons. The van der Waals surface area contributed by atoms with Gasteiger partial charge < -0.3 is 5.32 Å². The molecule has 0 aliphatic rings. The molecule has 6 heteroatoms. The number of carbonyl (C=O) groups excluding carboxylic acids is 1. The Hall–Kier alpha value is -2.76. The van der Waals surface area contributed by atoms with Gasteiger partial charge in [0, 0.05) is 25.0 Å². The highest BCUT2D eigenvalue weighted by Gasteiger charge is 2.04. The Bertz CT molecular complexity index is 842. The first kappa shape index (κ1) is 16.1. The first-order chi connectivity index (χ1) is 11.6. The third-order valence-electron chi connectivity index (χ3n) is 3.73. The molecule has 0 aliphatic carbocycles. The van der Waals surface area contributed by atoms with Gasteiger partial charge in [-0.15, -0.1) is 0 Å². The lowest BCUT2D eigenvalue weighted by Gasteiger charge is -2.06. The van der Waals surface area contributed by atoms with Crippen LogP contribution in [0.3, 0.4) is 0 Å². The Labute approximate surface area is 139 Å². The molecule has 5 nitrogen and oxygen atoms in total. The fourth-order valence-electron chi connectivity index (χ4n) is 2.53. The number of nitrogens with one attached hydrogen (secondary N) is 1. The number of nitrogens with zero attached hydrogens (tertiary/aromatic N) is 3. The first-order valence-corrected chi connectivity index (χ1v) is 7.92. The van der Waals surface area contributed by atoms with Crippen molar-refractivity contribution in [2.75, 3.05) is 6.54 Å². The average molecular weight is 326 g/mol. The number of fused-ring (bicyclic) bond motifs is 1. The summed E-state index contributed by atoms with van der Waals surface area (Å²) in [7, 11) is 0. The van der Waals surface area contributed by atoms with Gasteiger partial charge in [0.15, 0.2) is 5.65 Å². The normalized spacial score (nSPS) is 10.9. The molecular weight excluding hydrogens is 307 g/mol. The predicted octanol–water partition coefficient (Wildman–Crippen LogP) is 2.47. The molecule has 2 aromatic heterocycles. The van der Waals surface area contributed by atoms with E-state index in [2.05, 4.69) is 15.4 Å². The zero-order valence-electron chi connectivity index (χ0n) is 13.5. The summed E-state index contributed by atoms with van der Waals surface area (Å²) in [4.78, 5) is 16.2. The molecule has 2 heterocycles. The molecule has 0 saturated carbocycles. The largest absolute Gasteiger partial charge is 0.356 e. The molecule has 1 amide bonds. The van der Waals surface area contributed by atoms with E-state index in [0.29, 0.717) is 6.54 Å². The monoisotopic (exact) mass is 326 g/mol. The molecule has 0 spiro atoms. The number of hydrogen-bond acceptors (Lipinski definition) is 3. The summed E-state index contributed by atoms with van der Waals surface area (Å²) in [6.07, 6.45) is 5.72. The topological polar surface area (TPSA) is 59.3 Å². The van der Waals surface area contributed by atoms with Crippen LogP contribution in [0.5, 0.6) is 0 Å². The van der Waals surface area contributed by atoms with Gasteiger partial charge in [0.05, 0.1) is 12.1 Å².